The fraction of sp³-hybridized carbons (Fsp3) is 0.0870. The molecule has 1 heterocycles. The number of esters is 2. The summed E-state index contributed by atoms with van der Waals surface area (Å²) in [5, 5.41) is 0. The summed E-state index contributed by atoms with van der Waals surface area (Å²) < 4.78 is 10.8. The maximum absolute atomic E-state index is 12.5. The molecule has 0 fully saturated rings. The number of benzene rings is 2. The van der Waals surface area contributed by atoms with Crippen LogP contribution in [-0.2, 0) is 12.8 Å². The van der Waals surface area contributed by atoms with Crippen LogP contribution in [0.5, 0.6) is 11.5 Å². The lowest BCUT2D eigenvalue weighted by Crippen LogP contribution is -2.19. The van der Waals surface area contributed by atoms with Gasteiger partial charge < -0.3 is 9.47 Å². The maximum atomic E-state index is 12.5. The molecular weight excluding hydrogens is 382 g/mol. The van der Waals surface area contributed by atoms with Gasteiger partial charge in [-0.15, -0.1) is 13.2 Å². The zero-order valence-electron chi connectivity index (χ0n) is 16.2. The Morgan fingerprint density at radius 3 is 1.63 bits per heavy atom. The van der Waals surface area contributed by atoms with Crippen molar-refractivity contribution in [2.24, 2.45) is 0 Å². The molecule has 3 aromatic rings. The van der Waals surface area contributed by atoms with Gasteiger partial charge in [-0.3, -0.25) is 0 Å². The van der Waals surface area contributed by atoms with Crippen LogP contribution in [0.3, 0.4) is 0 Å². The van der Waals surface area contributed by atoms with Crippen molar-refractivity contribution in [3.8, 4) is 11.5 Å². The fourth-order valence-corrected chi connectivity index (χ4v) is 2.64. The largest absolute Gasteiger partial charge is 0.420 e. The van der Waals surface area contributed by atoms with Crippen LogP contribution in [0, 0.1) is 0 Å². The summed E-state index contributed by atoms with van der Waals surface area (Å²) in [6.07, 6.45) is 5.53. The molecule has 1 aromatic heterocycles. The van der Waals surface area contributed by atoms with Crippen molar-refractivity contribution in [3.05, 3.63) is 103 Å². The van der Waals surface area contributed by atoms with Gasteiger partial charge in [-0.1, -0.05) is 48.6 Å². The van der Waals surface area contributed by atoms with Crippen LogP contribution in [-0.4, -0.2) is 26.9 Å². The predicted octanol–water partition coefficient (Wildman–Crippen LogP) is 3.77. The molecule has 7 nitrogen and oxygen atoms in total. The third-order valence-corrected chi connectivity index (χ3v) is 4.02. The highest BCUT2D eigenvalue weighted by Gasteiger charge is 2.20. The minimum Gasteiger partial charge on any atom is -0.420 e. The minimum absolute atomic E-state index is 0.301. The molecule has 30 heavy (non-hydrogen) atoms. The summed E-state index contributed by atoms with van der Waals surface area (Å²) in [5.74, 6) is -1.49. The number of carbonyl (C=O) groups excluding carboxylic acids is 2. The maximum Gasteiger partial charge on any atom is 0.381 e. The molecule has 0 saturated carbocycles. The van der Waals surface area contributed by atoms with E-state index in [0.717, 1.165) is 17.5 Å². The van der Waals surface area contributed by atoms with Gasteiger partial charge in [0, 0.05) is 0 Å². The first-order chi connectivity index (χ1) is 14.6. The smallest absolute Gasteiger partial charge is 0.381 e. The van der Waals surface area contributed by atoms with Gasteiger partial charge >= 0.3 is 11.9 Å². The molecule has 0 aliphatic rings. The Balaban J connectivity index is 1.77. The number of aromatic nitrogens is 3. The van der Waals surface area contributed by atoms with E-state index < -0.39 is 11.9 Å². The van der Waals surface area contributed by atoms with Gasteiger partial charge in [0.05, 0.1) is 0 Å². The normalized spacial score (nSPS) is 10.1. The molecule has 7 heteroatoms. The quantitative estimate of drug-likeness (QED) is 0.322. The van der Waals surface area contributed by atoms with Gasteiger partial charge in [0.2, 0.25) is 11.6 Å². The number of allylic oxidation sites excluding steroid dienone is 2. The molecule has 0 aliphatic heterocycles. The molecule has 3 rings (SSSR count). The Morgan fingerprint density at radius 2 is 1.20 bits per heavy atom. The van der Waals surface area contributed by atoms with Crippen molar-refractivity contribution >= 4 is 11.9 Å². The van der Waals surface area contributed by atoms with Crippen LogP contribution in [0.1, 0.15) is 32.4 Å². The van der Waals surface area contributed by atoms with Crippen LogP contribution in [0.2, 0.25) is 0 Å². The van der Waals surface area contributed by atoms with Crippen molar-refractivity contribution in [3.63, 3.8) is 0 Å². The van der Waals surface area contributed by atoms with E-state index >= 15 is 0 Å². The second kappa shape index (κ2) is 9.88. The lowest BCUT2D eigenvalue weighted by atomic mass is 10.1. The highest BCUT2D eigenvalue weighted by Crippen LogP contribution is 2.21. The Kier molecular flexibility index (Phi) is 6.78. The zero-order valence-corrected chi connectivity index (χ0v) is 16.2. The van der Waals surface area contributed by atoms with E-state index in [2.05, 4.69) is 28.1 Å². The number of rotatable bonds is 8. The number of ether oxygens (including phenoxy) is 2. The topological polar surface area (TPSA) is 91.3 Å². The van der Waals surface area contributed by atoms with E-state index in [1.165, 1.54) is 0 Å². The highest BCUT2D eigenvalue weighted by molar-refractivity contribution is 5.90. The van der Waals surface area contributed by atoms with Crippen LogP contribution in [0.4, 0.5) is 0 Å². The third-order valence-electron chi connectivity index (χ3n) is 4.02. The van der Waals surface area contributed by atoms with E-state index in [1.807, 2.05) is 24.3 Å². The van der Waals surface area contributed by atoms with Crippen molar-refractivity contribution in [2.45, 2.75) is 12.8 Å². The fourth-order valence-electron chi connectivity index (χ4n) is 2.64. The Morgan fingerprint density at radius 1 is 0.767 bits per heavy atom. The molecule has 0 atom stereocenters. The van der Waals surface area contributed by atoms with E-state index in [0.29, 0.717) is 24.3 Å². The summed E-state index contributed by atoms with van der Waals surface area (Å²) in [5.41, 5.74) is 1.57. The van der Waals surface area contributed by atoms with E-state index in [4.69, 9.17) is 9.47 Å². The van der Waals surface area contributed by atoms with E-state index in [1.54, 1.807) is 36.4 Å². The summed E-state index contributed by atoms with van der Waals surface area (Å²) in [6.45, 7) is 7.37. The molecule has 0 aliphatic carbocycles. The van der Waals surface area contributed by atoms with Gasteiger partial charge in [0.25, 0.3) is 0 Å². The highest BCUT2D eigenvalue weighted by atomic mass is 16.5. The molecule has 150 valence electrons. The van der Waals surface area contributed by atoms with E-state index in [-0.39, 0.29) is 11.6 Å². The summed E-state index contributed by atoms with van der Waals surface area (Å²) in [6, 6.07) is 14.1. The van der Waals surface area contributed by atoms with Crippen LogP contribution in [0.25, 0.3) is 0 Å². The number of carbonyl (C=O) groups is 2. The molecule has 0 N–H and O–H groups in total. The molecule has 2 aromatic carbocycles. The number of hydrogen-bond donors (Lipinski definition) is 0. The van der Waals surface area contributed by atoms with Crippen LogP contribution >= 0.6 is 0 Å². The first-order valence-corrected chi connectivity index (χ1v) is 9.13. The zero-order chi connectivity index (χ0) is 21.3. The minimum atomic E-state index is -0.810. The van der Waals surface area contributed by atoms with Gasteiger partial charge in [-0.05, 0) is 36.1 Å². The Labute approximate surface area is 173 Å². The van der Waals surface area contributed by atoms with E-state index in [9.17, 15) is 9.59 Å². The predicted molar refractivity (Wildman–Crippen MR) is 110 cm³/mol. The second-order valence-electron chi connectivity index (χ2n) is 6.11. The average Bonchev–Trinajstić information content (AvgIpc) is 2.77. The SMILES string of the molecule is C=CCc1ccccc1OC(=O)c1ncnc(C(=O)Oc2ccccc2CC=C)n1. The lowest BCUT2D eigenvalue weighted by molar-refractivity contribution is 0.0710. The number of para-hydroxylation sites is 2. The summed E-state index contributed by atoms with van der Waals surface area (Å²) in [4.78, 5) is 36.5. The van der Waals surface area contributed by atoms with Gasteiger partial charge in [0.15, 0.2) is 0 Å². The van der Waals surface area contributed by atoms with Crippen LogP contribution in [0.15, 0.2) is 80.2 Å². The molecule has 0 spiro atoms. The third kappa shape index (κ3) is 5.02. The monoisotopic (exact) mass is 401 g/mol. The van der Waals surface area contributed by atoms with Crippen molar-refractivity contribution in [2.75, 3.05) is 0 Å². The molecule has 0 saturated heterocycles. The first kappa shape index (κ1) is 20.6. The van der Waals surface area contributed by atoms with Crippen molar-refractivity contribution in [1.82, 2.24) is 15.0 Å². The Hall–Kier alpha value is -4.13. The molecular formula is C23H19N3O4. The molecule has 0 radical (unpaired) electrons. The van der Waals surface area contributed by atoms with Crippen molar-refractivity contribution in [1.29, 1.82) is 0 Å². The summed E-state index contributed by atoms with van der Waals surface area (Å²) >= 11 is 0. The first-order valence-electron chi connectivity index (χ1n) is 9.13. The molecule has 0 unspecified atom stereocenters. The Bertz CT molecular complexity index is 1010. The van der Waals surface area contributed by atoms with Gasteiger partial charge in [-0.2, -0.15) is 4.98 Å². The standard InChI is InChI=1S/C23H19N3O4/c1-3-9-16-11-5-7-13-18(16)29-22(27)20-24-15-25-21(26-20)23(28)30-19-14-8-6-12-17(19)10-4-2/h3-8,11-15H,1-2,9-10H2. The molecule has 0 amide bonds. The molecule has 0 bridgehead atoms. The van der Waals surface area contributed by atoms with Crippen molar-refractivity contribution < 1.29 is 19.1 Å². The number of hydrogen-bond acceptors (Lipinski definition) is 7. The van der Waals surface area contributed by atoms with Gasteiger partial charge in [-0.25, -0.2) is 19.6 Å². The summed E-state index contributed by atoms with van der Waals surface area (Å²) in [7, 11) is 0. The van der Waals surface area contributed by atoms with Crippen LogP contribution < -0.4 is 9.47 Å². The number of nitrogens with zero attached hydrogens (tertiary/aromatic N) is 3. The second-order valence-corrected chi connectivity index (χ2v) is 6.11. The van der Waals surface area contributed by atoms with Gasteiger partial charge in [0.1, 0.15) is 17.8 Å². The lowest BCUT2D eigenvalue weighted by Gasteiger charge is -2.09. The average molecular weight is 401 g/mol.